The van der Waals surface area contributed by atoms with E-state index in [0.29, 0.717) is 0 Å². The number of aromatic carboxylic acids is 2. The fourth-order valence-corrected chi connectivity index (χ4v) is 4.32. The van der Waals surface area contributed by atoms with Crippen molar-refractivity contribution in [1.29, 1.82) is 0 Å². The van der Waals surface area contributed by atoms with Gasteiger partial charge >= 0.3 is 11.9 Å². The van der Waals surface area contributed by atoms with Crippen molar-refractivity contribution in [2.75, 3.05) is 0 Å². The van der Waals surface area contributed by atoms with E-state index in [-0.39, 0.29) is 11.4 Å². The highest BCUT2D eigenvalue weighted by Crippen LogP contribution is 2.33. The molecule has 0 aliphatic heterocycles. The smallest absolute Gasteiger partial charge is 0.354 e. The number of fused-ring (bicyclic) bond motifs is 5. The Balaban J connectivity index is 0.000000143. The van der Waals surface area contributed by atoms with Crippen LogP contribution in [0, 0.1) is 0 Å². The maximum Gasteiger partial charge on any atom is 0.354 e. The predicted octanol–water partition coefficient (Wildman–Crippen LogP) is 6.43. The quantitative estimate of drug-likeness (QED) is 0.284. The van der Waals surface area contributed by atoms with Gasteiger partial charge in [0.1, 0.15) is 11.4 Å². The summed E-state index contributed by atoms with van der Waals surface area (Å²) in [5, 5.41) is 22.3. The average Bonchev–Trinajstić information content (AvgIpc) is 2.94. The van der Waals surface area contributed by atoms with Crippen LogP contribution >= 0.6 is 0 Å². The first-order chi connectivity index (χ1) is 17.5. The third-order valence-corrected chi connectivity index (χ3v) is 6.03. The van der Waals surface area contributed by atoms with Crippen LogP contribution in [-0.2, 0) is 12.8 Å². The van der Waals surface area contributed by atoms with Gasteiger partial charge in [-0.05, 0) is 82.6 Å². The van der Waals surface area contributed by atoms with Crippen molar-refractivity contribution in [2.45, 2.75) is 25.7 Å². The summed E-state index contributed by atoms with van der Waals surface area (Å²) in [6.45, 7) is 0. The van der Waals surface area contributed by atoms with Crippen molar-refractivity contribution in [3.05, 3.63) is 120 Å². The molecule has 0 bridgehead atoms. The van der Waals surface area contributed by atoms with E-state index in [4.69, 9.17) is 10.2 Å². The molecular formula is C30H26N2O4. The van der Waals surface area contributed by atoms with Crippen molar-refractivity contribution in [3.63, 3.8) is 0 Å². The number of carboxylic acid groups (broad SMARTS) is 2. The molecular weight excluding hydrogens is 452 g/mol. The number of carboxylic acids is 2. The van der Waals surface area contributed by atoms with E-state index in [1.807, 2.05) is 0 Å². The number of hydrogen-bond acceptors (Lipinski definition) is 4. The molecule has 0 amide bonds. The van der Waals surface area contributed by atoms with E-state index in [1.165, 1.54) is 71.8 Å². The Morgan fingerprint density at radius 2 is 1.17 bits per heavy atom. The van der Waals surface area contributed by atoms with E-state index in [0.717, 1.165) is 0 Å². The number of rotatable bonds is 2. The van der Waals surface area contributed by atoms with Gasteiger partial charge in [0.25, 0.3) is 0 Å². The van der Waals surface area contributed by atoms with Crippen LogP contribution in [0.5, 0.6) is 0 Å². The fraction of sp³-hybridized carbons (Fsp3) is 0.133. The molecule has 2 aromatic heterocycles. The Kier molecular flexibility index (Phi) is 7.98. The molecule has 0 radical (unpaired) electrons. The van der Waals surface area contributed by atoms with Gasteiger partial charge in [0, 0.05) is 12.4 Å². The molecule has 6 nitrogen and oxygen atoms in total. The van der Waals surface area contributed by atoms with Crippen molar-refractivity contribution < 1.29 is 19.8 Å². The highest BCUT2D eigenvalue weighted by Gasteiger charge is 2.13. The summed E-state index contributed by atoms with van der Waals surface area (Å²) >= 11 is 0. The number of carbonyl (C=O) groups is 2. The summed E-state index contributed by atoms with van der Waals surface area (Å²) < 4.78 is 0. The van der Waals surface area contributed by atoms with Crippen LogP contribution in [0.25, 0.3) is 21.5 Å². The standard InChI is InChI=1S/C18H16.2C6H5NO2/c1-3-7-15-13(5-1)9-11-18-16-8-4-2-6-14(16)10-12-17(15)18;2*8-6(9)5-3-1-2-4-7-5/h1,3,5,7,9-12H,2,4,6,8H2;2*1-4H,(H,8,9). The normalized spacial score (nSPS) is 11.9. The fourth-order valence-electron chi connectivity index (χ4n) is 4.32. The molecule has 2 heterocycles. The highest BCUT2D eigenvalue weighted by atomic mass is 16.4. The Morgan fingerprint density at radius 3 is 1.75 bits per heavy atom. The lowest BCUT2D eigenvalue weighted by atomic mass is 9.86. The molecule has 6 rings (SSSR count). The molecule has 3 aromatic carbocycles. The predicted molar refractivity (Wildman–Crippen MR) is 140 cm³/mol. The summed E-state index contributed by atoms with van der Waals surface area (Å²) in [7, 11) is 0. The van der Waals surface area contributed by atoms with Crippen molar-refractivity contribution >= 4 is 33.5 Å². The van der Waals surface area contributed by atoms with Gasteiger partial charge in [-0.3, -0.25) is 0 Å². The minimum absolute atomic E-state index is 0.0810. The zero-order valence-electron chi connectivity index (χ0n) is 19.7. The number of aryl methyl sites for hydroxylation is 2. The highest BCUT2D eigenvalue weighted by molar-refractivity contribution is 6.08. The molecule has 6 heteroatoms. The first-order valence-electron chi connectivity index (χ1n) is 11.8. The Labute approximate surface area is 208 Å². The van der Waals surface area contributed by atoms with E-state index in [1.54, 1.807) is 35.4 Å². The van der Waals surface area contributed by atoms with Crippen LogP contribution in [0.2, 0.25) is 0 Å². The maximum atomic E-state index is 10.1. The molecule has 180 valence electrons. The van der Waals surface area contributed by atoms with Gasteiger partial charge in [-0.15, -0.1) is 0 Å². The zero-order valence-corrected chi connectivity index (χ0v) is 19.7. The summed E-state index contributed by atoms with van der Waals surface area (Å²) in [6, 6.07) is 27.5. The van der Waals surface area contributed by atoms with Crippen LogP contribution < -0.4 is 0 Å². The monoisotopic (exact) mass is 478 g/mol. The summed E-state index contributed by atoms with van der Waals surface area (Å²) in [5.41, 5.74) is 3.34. The topological polar surface area (TPSA) is 100 Å². The lowest BCUT2D eigenvalue weighted by molar-refractivity contribution is 0.0680. The molecule has 1 aliphatic rings. The second kappa shape index (κ2) is 11.7. The van der Waals surface area contributed by atoms with Gasteiger partial charge in [0.2, 0.25) is 0 Å². The van der Waals surface area contributed by atoms with Crippen LogP contribution in [-0.4, -0.2) is 32.1 Å². The first kappa shape index (κ1) is 24.5. The van der Waals surface area contributed by atoms with Crippen molar-refractivity contribution in [3.8, 4) is 0 Å². The van der Waals surface area contributed by atoms with E-state index >= 15 is 0 Å². The largest absolute Gasteiger partial charge is 0.477 e. The number of benzene rings is 3. The van der Waals surface area contributed by atoms with Gasteiger partial charge in [-0.1, -0.05) is 60.7 Å². The summed E-state index contributed by atoms with van der Waals surface area (Å²) in [6.07, 6.45) is 8.11. The minimum Gasteiger partial charge on any atom is -0.477 e. The average molecular weight is 479 g/mol. The lowest BCUT2D eigenvalue weighted by Gasteiger charge is -2.18. The van der Waals surface area contributed by atoms with E-state index in [2.05, 4.69) is 58.5 Å². The second-order valence-electron chi connectivity index (χ2n) is 8.33. The summed E-state index contributed by atoms with van der Waals surface area (Å²) in [4.78, 5) is 27.4. The van der Waals surface area contributed by atoms with Gasteiger partial charge < -0.3 is 10.2 Å². The molecule has 0 unspecified atom stereocenters. The van der Waals surface area contributed by atoms with Crippen LogP contribution in [0.1, 0.15) is 44.9 Å². The summed E-state index contributed by atoms with van der Waals surface area (Å²) in [5.74, 6) is -1.98. The Morgan fingerprint density at radius 1 is 0.583 bits per heavy atom. The molecule has 5 aromatic rings. The van der Waals surface area contributed by atoms with E-state index < -0.39 is 11.9 Å². The second-order valence-corrected chi connectivity index (χ2v) is 8.33. The minimum atomic E-state index is -0.990. The number of nitrogens with zero attached hydrogens (tertiary/aromatic N) is 2. The molecule has 0 atom stereocenters. The SMILES string of the molecule is O=C(O)c1ccccn1.O=C(O)c1ccccn1.c1ccc2c(c1)ccc1c3c(ccc12)CCCC3. The number of pyridine rings is 2. The molecule has 0 fully saturated rings. The number of aromatic nitrogens is 2. The van der Waals surface area contributed by atoms with E-state index in [9.17, 15) is 9.59 Å². The molecule has 36 heavy (non-hydrogen) atoms. The molecule has 2 N–H and O–H groups in total. The van der Waals surface area contributed by atoms with Gasteiger partial charge in [0.05, 0.1) is 0 Å². The van der Waals surface area contributed by atoms with Gasteiger partial charge in [-0.2, -0.15) is 0 Å². The first-order valence-corrected chi connectivity index (χ1v) is 11.8. The van der Waals surface area contributed by atoms with Crippen LogP contribution in [0.3, 0.4) is 0 Å². The van der Waals surface area contributed by atoms with Crippen LogP contribution in [0.15, 0.2) is 97.3 Å². The molecule has 0 saturated heterocycles. The third-order valence-electron chi connectivity index (χ3n) is 6.03. The Bertz CT molecular complexity index is 1440. The number of hydrogen-bond donors (Lipinski definition) is 2. The Hall–Kier alpha value is -4.58. The van der Waals surface area contributed by atoms with Crippen molar-refractivity contribution in [2.24, 2.45) is 0 Å². The lowest BCUT2D eigenvalue weighted by Crippen LogP contribution is -2.02. The molecule has 0 spiro atoms. The maximum absolute atomic E-state index is 10.1. The molecule has 1 aliphatic carbocycles. The zero-order chi connectivity index (χ0) is 25.3. The van der Waals surface area contributed by atoms with Gasteiger partial charge in [0.15, 0.2) is 0 Å². The third kappa shape index (κ3) is 5.91. The van der Waals surface area contributed by atoms with Gasteiger partial charge in [-0.25, -0.2) is 19.6 Å². The van der Waals surface area contributed by atoms with Crippen LogP contribution in [0.4, 0.5) is 0 Å². The van der Waals surface area contributed by atoms with Crippen molar-refractivity contribution in [1.82, 2.24) is 9.97 Å². The molecule has 0 saturated carbocycles.